The fraction of sp³-hybridized carbons (Fsp3) is 0.267. The van der Waals surface area contributed by atoms with Crippen LogP contribution in [0.4, 0.5) is 0 Å². The van der Waals surface area contributed by atoms with Crippen molar-refractivity contribution in [3.05, 3.63) is 108 Å². The van der Waals surface area contributed by atoms with Crippen molar-refractivity contribution < 1.29 is 14.3 Å². The molecule has 1 fully saturated rings. The SMILES string of the molecule is COc1ccc(/C=C/C(=O)NNC(=O)CCN2CCN(C(c3ccccc3)c3ccccc3)CC2)cc1. The van der Waals surface area contributed by atoms with Crippen LogP contribution >= 0.6 is 0 Å². The van der Waals surface area contributed by atoms with Crippen LogP contribution in [0.1, 0.15) is 29.2 Å². The Morgan fingerprint density at radius 3 is 2.00 bits per heavy atom. The first-order valence-corrected chi connectivity index (χ1v) is 12.6. The van der Waals surface area contributed by atoms with Crippen molar-refractivity contribution in [3.8, 4) is 5.75 Å². The van der Waals surface area contributed by atoms with Crippen LogP contribution in [0, 0.1) is 0 Å². The molecule has 1 aliphatic rings. The van der Waals surface area contributed by atoms with Gasteiger partial charge in [0.15, 0.2) is 0 Å². The van der Waals surface area contributed by atoms with Crippen molar-refractivity contribution in [2.24, 2.45) is 0 Å². The van der Waals surface area contributed by atoms with E-state index in [9.17, 15) is 9.59 Å². The van der Waals surface area contributed by atoms with E-state index in [0.717, 1.165) is 37.5 Å². The highest BCUT2D eigenvalue weighted by molar-refractivity contribution is 5.93. The Balaban J connectivity index is 1.20. The minimum absolute atomic E-state index is 0.208. The Morgan fingerprint density at radius 1 is 0.838 bits per heavy atom. The lowest BCUT2D eigenvalue weighted by atomic mass is 9.96. The molecule has 0 aliphatic carbocycles. The predicted octanol–water partition coefficient (Wildman–Crippen LogP) is 3.65. The summed E-state index contributed by atoms with van der Waals surface area (Å²) in [5.41, 5.74) is 8.39. The van der Waals surface area contributed by atoms with Gasteiger partial charge < -0.3 is 9.64 Å². The van der Waals surface area contributed by atoms with E-state index in [4.69, 9.17) is 4.74 Å². The monoisotopic (exact) mass is 498 g/mol. The van der Waals surface area contributed by atoms with E-state index in [1.807, 2.05) is 36.4 Å². The maximum atomic E-state index is 12.3. The zero-order chi connectivity index (χ0) is 25.9. The Labute approximate surface area is 218 Å². The molecule has 37 heavy (non-hydrogen) atoms. The molecule has 0 saturated carbocycles. The summed E-state index contributed by atoms with van der Waals surface area (Å²) < 4.78 is 5.12. The molecular formula is C30H34N4O3. The molecule has 0 bridgehead atoms. The van der Waals surface area contributed by atoms with E-state index in [0.29, 0.717) is 13.0 Å². The highest BCUT2D eigenvalue weighted by Gasteiger charge is 2.26. The van der Waals surface area contributed by atoms with Gasteiger partial charge in [-0.05, 0) is 34.9 Å². The second-order valence-corrected chi connectivity index (χ2v) is 9.00. The maximum Gasteiger partial charge on any atom is 0.262 e. The summed E-state index contributed by atoms with van der Waals surface area (Å²) >= 11 is 0. The molecule has 3 aromatic carbocycles. The van der Waals surface area contributed by atoms with Gasteiger partial charge in [-0.3, -0.25) is 25.3 Å². The van der Waals surface area contributed by atoms with Crippen molar-refractivity contribution in [3.63, 3.8) is 0 Å². The lowest BCUT2D eigenvalue weighted by Crippen LogP contribution is -2.49. The minimum atomic E-state index is -0.384. The number of nitrogens with one attached hydrogen (secondary N) is 2. The summed E-state index contributed by atoms with van der Waals surface area (Å²) in [5, 5.41) is 0. The number of carbonyl (C=O) groups is 2. The highest BCUT2D eigenvalue weighted by atomic mass is 16.5. The molecule has 0 radical (unpaired) electrons. The van der Waals surface area contributed by atoms with Gasteiger partial charge in [0.05, 0.1) is 13.2 Å². The zero-order valence-electron chi connectivity index (χ0n) is 21.2. The van der Waals surface area contributed by atoms with Gasteiger partial charge in [-0.2, -0.15) is 0 Å². The molecular weight excluding hydrogens is 464 g/mol. The van der Waals surface area contributed by atoms with Crippen LogP contribution in [-0.2, 0) is 9.59 Å². The molecule has 0 unspecified atom stereocenters. The molecule has 0 aromatic heterocycles. The Morgan fingerprint density at radius 2 is 1.43 bits per heavy atom. The molecule has 0 atom stereocenters. The number of amides is 2. The molecule has 192 valence electrons. The largest absolute Gasteiger partial charge is 0.497 e. The van der Waals surface area contributed by atoms with Gasteiger partial charge in [0.1, 0.15) is 5.75 Å². The first kappa shape index (κ1) is 26.1. The van der Waals surface area contributed by atoms with Gasteiger partial charge in [-0.25, -0.2) is 0 Å². The van der Waals surface area contributed by atoms with E-state index in [-0.39, 0.29) is 17.9 Å². The average molecular weight is 499 g/mol. The highest BCUT2D eigenvalue weighted by Crippen LogP contribution is 2.29. The van der Waals surface area contributed by atoms with Crippen LogP contribution in [-0.4, -0.2) is 61.4 Å². The number of carbonyl (C=O) groups excluding carboxylic acids is 2. The smallest absolute Gasteiger partial charge is 0.262 e. The van der Waals surface area contributed by atoms with Crippen molar-refractivity contribution in [1.29, 1.82) is 0 Å². The minimum Gasteiger partial charge on any atom is -0.497 e. The third-order valence-electron chi connectivity index (χ3n) is 6.53. The van der Waals surface area contributed by atoms with E-state index < -0.39 is 0 Å². The fourth-order valence-electron chi connectivity index (χ4n) is 4.51. The van der Waals surface area contributed by atoms with Gasteiger partial charge in [0.25, 0.3) is 5.91 Å². The molecule has 2 N–H and O–H groups in total. The molecule has 2 amide bonds. The number of hydrazine groups is 1. The van der Waals surface area contributed by atoms with Crippen LogP contribution in [0.25, 0.3) is 6.08 Å². The number of rotatable bonds is 9. The van der Waals surface area contributed by atoms with Gasteiger partial charge in [-0.15, -0.1) is 0 Å². The summed E-state index contributed by atoms with van der Waals surface area (Å²) in [6, 6.07) is 28.8. The van der Waals surface area contributed by atoms with E-state index >= 15 is 0 Å². The predicted molar refractivity (Wildman–Crippen MR) is 146 cm³/mol. The summed E-state index contributed by atoms with van der Waals surface area (Å²) in [4.78, 5) is 29.1. The van der Waals surface area contributed by atoms with Crippen LogP contribution in [0.2, 0.25) is 0 Å². The van der Waals surface area contributed by atoms with E-state index in [1.165, 1.54) is 17.2 Å². The standard InChI is InChI=1S/C30H34N4O3/c1-37-27-15-12-24(13-16-27)14-17-28(35)31-32-29(36)18-19-33-20-22-34(23-21-33)30(25-8-4-2-5-9-25)26-10-6-3-7-11-26/h2-17,30H,18-23H2,1H3,(H,31,35)(H,32,36)/b17-14+. The van der Waals surface area contributed by atoms with Crippen molar-refractivity contribution in [2.75, 3.05) is 39.8 Å². The van der Waals surface area contributed by atoms with Crippen LogP contribution < -0.4 is 15.6 Å². The average Bonchev–Trinajstić information content (AvgIpc) is 2.96. The van der Waals surface area contributed by atoms with E-state index in [1.54, 1.807) is 13.2 Å². The third-order valence-corrected chi connectivity index (χ3v) is 6.53. The number of nitrogens with zero attached hydrogens (tertiary/aromatic N) is 2. The maximum absolute atomic E-state index is 12.3. The van der Waals surface area contributed by atoms with Crippen molar-refractivity contribution in [2.45, 2.75) is 12.5 Å². The Hall–Kier alpha value is -3.94. The van der Waals surface area contributed by atoms with Crippen molar-refractivity contribution in [1.82, 2.24) is 20.7 Å². The molecule has 1 saturated heterocycles. The number of hydrogen-bond acceptors (Lipinski definition) is 5. The quantitative estimate of drug-likeness (QED) is 0.348. The molecule has 1 heterocycles. The lowest BCUT2D eigenvalue weighted by Gasteiger charge is -2.39. The van der Waals surface area contributed by atoms with Gasteiger partial charge in [0, 0.05) is 45.2 Å². The van der Waals surface area contributed by atoms with E-state index in [2.05, 4.69) is 69.2 Å². The second kappa shape index (κ2) is 13.4. The number of ether oxygens (including phenoxy) is 1. The number of hydrogen-bond donors (Lipinski definition) is 2. The molecule has 1 aliphatic heterocycles. The van der Waals surface area contributed by atoms with Crippen LogP contribution in [0.3, 0.4) is 0 Å². The molecule has 0 spiro atoms. The Kier molecular flexibility index (Phi) is 9.46. The molecule has 4 rings (SSSR count). The lowest BCUT2D eigenvalue weighted by molar-refractivity contribution is -0.127. The molecule has 7 nitrogen and oxygen atoms in total. The topological polar surface area (TPSA) is 73.9 Å². The summed E-state index contributed by atoms with van der Waals surface area (Å²) in [6.07, 6.45) is 3.39. The Bertz CT molecular complexity index is 1120. The van der Waals surface area contributed by atoms with Gasteiger partial charge >= 0.3 is 0 Å². The first-order valence-electron chi connectivity index (χ1n) is 12.6. The second-order valence-electron chi connectivity index (χ2n) is 9.00. The first-order chi connectivity index (χ1) is 18.1. The summed E-state index contributed by atoms with van der Waals surface area (Å²) in [7, 11) is 1.61. The van der Waals surface area contributed by atoms with Crippen molar-refractivity contribution >= 4 is 17.9 Å². The summed E-state index contributed by atoms with van der Waals surface area (Å²) in [6.45, 7) is 4.27. The summed E-state index contributed by atoms with van der Waals surface area (Å²) in [5.74, 6) is 0.160. The van der Waals surface area contributed by atoms with Gasteiger partial charge in [0.2, 0.25) is 5.91 Å². The number of piperazine rings is 1. The third kappa shape index (κ3) is 7.77. The molecule has 3 aromatic rings. The molecule has 7 heteroatoms. The van der Waals surface area contributed by atoms with Crippen LogP contribution in [0.15, 0.2) is 91.0 Å². The zero-order valence-corrected chi connectivity index (χ0v) is 21.2. The fourth-order valence-corrected chi connectivity index (χ4v) is 4.51. The van der Waals surface area contributed by atoms with Crippen LogP contribution in [0.5, 0.6) is 5.75 Å². The van der Waals surface area contributed by atoms with Gasteiger partial charge in [-0.1, -0.05) is 72.8 Å². The number of benzene rings is 3. The normalized spacial score (nSPS) is 14.5. The number of methoxy groups -OCH3 is 1.